The topological polar surface area (TPSA) is 52.6 Å². The van der Waals surface area contributed by atoms with Crippen LogP contribution in [0.1, 0.15) is 28.4 Å². The molecule has 0 bridgehead atoms. The summed E-state index contributed by atoms with van der Waals surface area (Å²) >= 11 is 0. The van der Waals surface area contributed by atoms with Gasteiger partial charge in [-0.2, -0.15) is 0 Å². The first-order valence-electron chi connectivity index (χ1n) is 8.82. The third-order valence-electron chi connectivity index (χ3n) is 3.90. The highest BCUT2D eigenvalue weighted by Gasteiger charge is 2.22. The number of benzene rings is 2. The maximum Gasteiger partial charge on any atom is 0.338 e. The Balaban J connectivity index is 2.03. The minimum absolute atomic E-state index is 0.00822. The van der Waals surface area contributed by atoms with Crippen molar-refractivity contribution in [1.82, 2.24) is 0 Å². The second-order valence-corrected chi connectivity index (χ2v) is 13.0. The molecular formula is C21H26O4Si. The zero-order valence-corrected chi connectivity index (χ0v) is 16.6. The molecule has 26 heavy (non-hydrogen) atoms. The fraction of sp³-hybridized carbons (Fsp3) is 0.333. The van der Waals surface area contributed by atoms with Crippen LogP contribution < -0.4 is 0 Å². The summed E-state index contributed by atoms with van der Waals surface area (Å²) in [4.78, 5) is 24.6. The molecule has 1 unspecified atom stereocenters. The Morgan fingerprint density at radius 3 is 2.08 bits per heavy atom. The highest BCUT2D eigenvalue weighted by Crippen LogP contribution is 2.23. The molecule has 0 amide bonds. The molecule has 4 nitrogen and oxygen atoms in total. The number of rotatable bonds is 8. The zero-order valence-electron chi connectivity index (χ0n) is 15.6. The lowest BCUT2D eigenvalue weighted by molar-refractivity contribution is -0.145. The summed E-state index contributed by atoms with van der Waals surface area (Å²) in [6.07, 6.45) is -0.655. The van der Waals surface area contributed by atoms with Crippen molar-refractivity contribution in [3.8, 4) is 0 Å². The van der Waals surface area contributed by atoms with Crippen molar-refractivity contribution < 1.29 is 19.1 Å². The summed E-state index contributed by atoms with van der Waals surface area (Å²) in [6, 6.07) is 19.0. The van der Waals surface area contributed by atoms with E-state index in [4.69, 9.17) is 9.47 Å². The average Bonchev–Trinajstić information content (AvgIpc) is 2.61. The lowest BCUT2D eigenvalue weighted by Crippen LogP contribution is -2.23. The molecule has 0 saturated heterocycles. The summed E-state index contributed by atoms with van der Waals surface area (Å²) in [5.41, 5.74) is 1.24. The Bertz CT molecular complexity index is 708. The highest BCUT2D eigenvalue weighted by atomic mass is 28.3. The quantitative estimate of drug-likeness (QED) is 0.492. The van der Waals surface area contributed by atoms with E-state index in [1.54, 1.807) is 24.3 Å². The second kappa shape index (κ2) is 9.34. The van der Waals surface area contributed by atoms with Gasteiger partial charge < -0.3 is 9.47 Å². The van der Waals surface area contributed by atoms with Crippen molar-refractivity contribution in [2.45, 2.75) is 38.2 Å². The van der Waals surface area contributed by atoms with E-state index in [0.717, 1.165) is 11.6 Å². The first kappa shape index (κ1) is 19.9. The van der Waals surface area contributed by atoms with E-state index in [1.165, 1.54) is 0 Å². The SMILES string of the molecule is C[Si](C)(C)CCOC(=O)CC(OC(=O)c1ccccc1)c1ccccc1. The molecule has 0 spiro atoms. The molecule has 2 aromatic rings. The molecule has 2 aromatic carbocycles. The van der Waals surface area contributed by atoms with E-state index in [-0.39, 0.29) is 12.4 Å². The van der Waals surface area contributed by atoms with E-state index in [2.05, 4.69) is 19.6 Å². The van der Waals surface area contributed by atoms with Gasteiger partial charge in [-0.3, -0.25) is 4.79 Å². The van der Waals surface area contributed by atoms with Crippen LogP contribution in [0.25, 0.3) is 0 Å². The van der Waals surface area contributed by atoms with Gasteiger partial charge in [0.25, 0.3) is 0 Å². The van der Waals surface area contributed by atoms with Crippen LogP contribution in [-0.4, -0.2) is 26.6 Å². The van der Waals surface area contributed by atoms with Gasteiger partial charge in [0.1, 0.15) is 6.10 Å². The number of hydrogen-bond acceptors (Lipinski definition) is 4. The minimum atomic E-state index is -1.26. The van der Waals surface area contributed by atoms with Crippen molar-refractivity contribution >= 4 is 20.0 Å². The predicted octanol–water partition coefficient (Wildman–Crippen LogP) is 4.86. The molecule has 0 N–H and O–H groups in total. The second-order valence-electron chi connectivity index (χ2n) is 7.41. The Kier molecular flexibility index (Phi) is 7.15. The predicted molar refractivity (Wildman–Crippen MR) is 105 cm³/mol. The van der Waals surface area contributed by atoms with Gasteiger partial charge in [-0.05, 0) is 23.7 Å². The molecule has 0 heterocycles. The van der Waals surface area contributed by atoms with Crippen LogP contribution in [-0.2, 0) is 14.3 Å². The van der Waals surface area contributed by atoms with Crippen LogP contribution in [0.15, 0.2) is 60.7 Å². The summed E-state index contributed by atoms with van der Waals surface area (Å²) in [5.74, 6) is -0.799. The first-order chi connectivity index (χ1) is 12.3. The third-order valence-corrected chi connectivity index (χ3v) is 5.60. The van der Waals surface area contributed by atoms with Crippen molar-refractivity contribution in [3.63, 3.8) is 0 Å². The van der Waals surface area contributed by atoms with Gasteiger partial charge in [0.05, 0.1) is 18.6 Å². The van der Waals surface area contributed by atoms with E-state index in [9.17, 15) is 9.59 Å². The smallest absolute Gasteiger partial charge is 0.338 e. The van der Waals surface area contributed by atoms with Crippen LogP contribution in [0, 0.1) is 0 Å². The van der Waals surface area contributed by atoms with Gasteiger partial charge in [0, 0.05) is 8.07 Å². The molecule has 138 valence electrons. The van der Waals surface area contributed by atoms with Gasteiger partial charge in [-0.25, -0.2) is 4.79 Å². The van der Waals surface area contributed by atoms with Crippen molar-refractivity contribution in [2.75, 3.05) is 6.61 Å². The normalized spacial score (nSPS) is 12.3. The average molecular weight is 371 g/mol. The molecule has 0 fully saturated rings. The maximum absolute atomic E-state index is 12.4. The van der Waals surface area contributed by atoms with Crippen LogP contribution in [0.4, 0.5) is 0 Å². The van der Waals surface area contributed by atoms with Crippen LogP contribution in [0.3, 0.4) is 0 Å². The lowest BCUT2D eigenvalue weighted by atomic mass is 10.1. The molecule has 0 aliphatic rings. The molecule has 2 rings (SSSR count). The Morgan fingerprint density at radius 1 is 0.923 bits per heavy atom. The zero-order chi connectivity index (χ0) is 19.0. The van der Waals surface area contributed by atoms with E-state index in [1.807, 2.05) is 36.4 Å². The number of carbonyl (C=O) groups is 2. The fourth-order valence-electron chi connectivity index (χ4n) is 2.35. The Morgan fingerprint density at radius 2 is 1.50 bits per heavy atom. The standard InChI is InChI=1S/C21H26O4Si/c1-26(2,3)15-14-24-20(22)16-19(17-10-6-4-7-11-17)25-21(23)18-12-8-5-9-13-18/h4-13,19H,14-16H2,1-3H3. The van der Waals surface area contributed by atoms with E-state index < -0.39 is 20.1 Å². The molecular weight excluding hydrogens is 344 g/mol. The van der Waals surface area contributed by atoms with Crippen molar-refractivity contribution in [1.29, 1.82) is 0 Å². The summed E-state index contributed by atoms with van der Waals surface area (Å²) in [6.45, 7) is 7.11. The molecule has 0 aliphatic heterocycles. The summed E-state index contributed by atoms with van der Waals surface area (Å²) in [5, 5.41) is 0. The van der Waals surface area contributed by atoms with Crippen molar-refractivity contribution in [3.05, 3.63) is 71.8 Å². The Hall–Kier alpha value is -2.40. The van der Waals surface area contributed by atoms with Gasteiger partial charge in [-0.15, -0.1) is 0 Å². The highest BCUT2D eigenvalue weighted by molar-refractivity contribution is 6.76. The number of esters is 2. The largest absolute Gasteiger partial charge is 0.466 e. The van der Waals surface area contributed by atoms with Gasteiger partial charge >= 0.3 is 11.9 Å². The van der Waals surface area contributed by atoms with E-state index >= 15 is 0 Å². The van der Waals surface area contributed by atoms with Gasteiger partial charge in [-0.1, -0.05) is 68.2 Å². The number of carbonyl (C=O) groups excluding carboxylic acids is 2. The molecule has 0 saturated carbocycles. The summed E-state index contributed by atoms with van der Waals surface area (Å²) < 4.78 is 11.0. The first-order valence-corrected chi connectivity index (χ1v) is 12.5. The van der Waals surface area contributed by atoms with Crippen LogP contribution in [0.5, 0.6) is 0 Å². The molecule has 0 aliphatic carbocycles. The van der Waals surface area contributed by atoms with E-state index in [0.29, 0.717) is 12.2 Å². The summed E-state index contributed by atoms with van der Waals surface area (Å²) in [7, 11) is -1.26. The van der Waals surface area contributed by atoms with Gasteiger partial charge in [0.15, 0.2) is 0 Å². The monoisotopic (exact) mass is 370 g/mol. The Labute approximate surface area is 156 Å². The van der Waals surface area contributed by atoms with Crippen molar-refractivity contribution in [2.24, 2.45) is 0 Å². The molecule has 5 heteroatoms. The molecule has 0 radical (unpaired) electrons. The molecule has 0 aromatic heterocycles. The lowest BCUT2D eigenvalue weighted by Gasteiger charge is -2.19. The fourth-order valence-corrected chi connectivity index (χ4v) is 3.06. The molecule has 1 atom stereocenters. The number of hydrogen-bond donors (Lipinski definition) is 0. The van der Waals surface area contributed by atoms with Crippen LogP contribution >= 0.6 is 0 Å². The number of ether oxygens (including phenoxy) is 2. The third kappa shape index (κ3) is 6.84. The van der Waals surface area contributed by atoms with Gasteiger partial charge in [0.2, 0.25) is 0 Å². The maximum atomic E-state index is 12.4. The van der Waals surface area contributed by atoms with Crippen LogP contribution in [0.2, 0.25) is 25.7 Å². The minimum Gasteiger partial charge on any atom is -0.466 e.